The molecule has 21 heavy (non-hydrogen) atoms. The first-order valence-electron chi connectivity index (χ1n) is 6.70. The number of rotatable bonds is 4. The Balaban J connectivity index is 2.16. The second kappa shape index (κ2) is 6.41. The van der Waals surface area contributed by atoms with Crippen LogP contribution in [0.3, 0.4) is 0 Å². The van der Waals surface area contributed by atoms with Crippen LogP contribution >= 0.6 is 0 Å². The Bertz CT molecular complexity index is 568. The Morgan fingerprint density at radius 1 is 1.29 bits per heavy atom. The van der Waals surface area contributed by atoms with Crippen molar-refractivity contribution < 1.29 is 27.2 Å². The summed E-state index contributed by atoms with van der Waals surface area (Å²) in [7, 11) is -2.48. The maximum absolute atomic E-state index is 12.2. The van der Waals surface area contributed by atoms with Crippen molar-refractivity contribution in [2.24, 2.45) is 0 Å². The molecular formula is C14H20O6S. The zero-order chi connectivity index (χ0) is 15.6. The van der Waals surface area contributed by atoms with Crippen molar-refractivity contribution in [1.29, 1.82) is 0 Å². The number of aliphatic hydroxyl groups excluding tert-OH is 1. The molecule has 2 rings (SSSR count). The van der Waals surface area contributed by atoms with Crippen molar-refractivity contribution in [3.05, 3.63) is 29.8 Å². The summed E-state index contributed by atoms with van der Waals surface area (Å²) in [5.74, 6) is 0. The van der Waals surface area contributed by atoms with Gasteiger partial charge in [-0.05, 0) is 26.0 Å². The van der Waals surface area contributed by atoms with Gasteiger partial charge in [0.05, 0.1) is 11.0 Å². The Kier molecular flexibility index (Phi) is 5.00. The zero-order valence-corrected chi connectivity index (χ0v) is 13.0. The summed E-state index contributed by atoms with van der Waals surface area (Å²) in [6.45, 7) is 3.51. The van der Waals surface area contributed by atoms with Crippen molar-refractivity contribution in [2.75, 3.05) is 7.11 Å². The molecule has 6 nitrogen and oxygen atoms in total. The molecule has 0 radical (unpaired) electrons. The first-order valence-corrected chi connectivity index (χ1v) is 8.10. The van der Waals surface area contributed by atoms with Gasteiger partial charge in [0.15, 0.2) is 6.29 Å². The molecule has 0 spiro atoms. The summed E-state index contributed by atoms with van der Waals surface area (Å²) >= 11 is 0. The Labute approximate surface area is 124 Å². The normalized spacial score (nSPS) is 30.3. The van der Waals surface area contributed by atoms with E-state index >= 15 is 0 Å². The lowest BCUT2D eigenvalue weighted by atomic mass is 10.0. The van der Waals surface area contributed by atoms with Gasteiger partial charge in [-0.1, -0.05) is 17.7 Å². The molecule has 0 aromatic heterocycles. The molecule has 0 saturated carbocycles. The van der Waals surface area contributed by atoms with E-state index in [1.165, 1.54) is 19.2 Å². The lowest BCUT2D eigenvalue weighted by Crippen LogP contribution is -2.49. The fraction of sp³-hybridized carbons (Fsp3) is 0.571. The maximum Gasteiger partial charge on any atom is 0.297 e. The highest BCUT2D eigenvalue weighted by Crippen LogP contribution is 2.26. The number of ether oxygens (including phenoxy) is 2. The van der Waals surface area contributed by atoms with Crippen molar-refractivity contribution in [1.82, 2.24) is 0 Å². The van der Waals surface area contributed by atoms with Crippen LogP contribution in [0.4, 0.5) is 0 Å². The highest BCUT2D eigenvalue weighted by Gasteiger charge is 2.39. The largest absolute Gasteiger partial charge is 0.388 e. The van der Waals surface area contributed by atoms with Crippen LogP contribution in [0.5, 0.6) is 0 Å². The van der Waals surface area contributed by atoms with E-state index < -0.39 is 34.7 Å². The molecule has 1 fully saturated rings. The third-order valence-electron chi connectivity index (χ3n) is 3.48. The molecule has 1 saturated heterocycles. The maximum atomic E-state index is 12.2. The minimum atomic E-state index is -3.94. The second-order valence-corrected chi connectivity index (χ2v) is 6.71. The summed E-state index contributed by atoms with van der Waals surface area (Å²) in [6.07, 6.45) is -2.95. The van der Waals surface area contributed by atoms with Gasteiger partial charge in [0.2, 0.25) is 0 Å². The van der Waals surface area contributed by atoms with Crippen molar-refractivity contribution >= 4 is 10.1 Å². The van der Waals surface area contributed by atoms with E-state index in [2.05, 4.69) is 0 Å². The van der Waals surface area contributed by atoms with Crippen LogP contribution in [0.15, 0.2) is 29.2 Å². The Morgan fingerprint density at radius 2 is 1.90 bits per heavy atom. The van der Waals surface area contributed by atoms with Gasteiger partial charge in [0, 0.05) is 13.5 Å². The zero-order valence-electron chi connectivity index (χ0n) is 12.2. The minimum absolute atomic E-state index is 0.0633. The topological polar surface area (TPSA) is 82.1 Å². The fourth-order valence-electron chi connectivity index (χ4n) is 2.18. The number of methoxy groups -OCH3 is 1. The molecule has 0 unspecified atom stereocenters. The predicted molar refractivity (Wildman–Crippen MR) is 75.2 cm³/mol. The third kappa shape index (κ3) is 3.81. The first kappa shape index (κ1) is 16.4. The molecule has 1 aromatic carbocycles. The number of hydrogen-bond acceptors (Lipinski definition) is 6. The number of benzene rings is 1. The third-order valence-corrected chi connectivity index (χ3v) is 4.83. The Morgan fingerprint density at radius 3 is 2.48 bits per heavy atom. The predicted octanol–water partition coefficient (Wildman–Crippen LogP) is 1.21. The lowest BCUT2D eigenvalue weighted by molar-refractivity contribution is -0.232. The van der Waals surface area contributed by atoms with Crippen LogP contribution < -0.4 is 0 Å². The summed E-state index contributed by atoms with van der Waals surface area (Å²) in [5.41, 5.74) is 0.952. The van der Waals surface area contributed by atoms with Crippen LogP contribution in [-0.4, -0.2) is 45.2 Å². The van der Waals surface area contributed by atoms with Gasteiger partial charge in [-0.2, -0.15) is 8.42 Å². The smallest absolute Gasteiger partial charge is 0.297 e. The van der Waals surface area contributed by atoms with Gasteiger partial charge >= 0.3 is 0 Å². The summed E-state index contributed by atoms with van der Waals surface area (Å²) in [5, 5.41) is 10.0. The lowest BCUT2D eigenvalue weighted by Gasteiger charge is -2.36. The van der Waals surface area contributed by atoms with Gasteiger partial charge in [-0.25, -0.2) is 0 Å². The molecule has 1 aromatic rings. The average Bonchev–Trinajstić information content (AvgIpc) is 2.43. The summed E-state index contributed by atoms with van der Waals surface area (Å²) < 4.78 is 40.1. The van der Waals surface area contributed by atoms with Crippen molar-refractivity contribution in [2.45, 2.75) is 49.8 Å². The SMILES string of the molecule is CO[C@H]1C[C@@H](OS(=O)(=O)c2ccc(C)cc2)[C@@H](O)[C@@H](C)O1. The molecule has 0 aliphatic carbocycles. The van der Waals surface area contributed by atoms with Crippen LogP contribution in [0.25, 0.3) is 0 Å². The van der Waals surface area contributed by atoms with Crippen LogP contribution in [0.2, 0.25) is 0 Å². The summed E-state index contributed by atoms with van der Waals surface area (Å²) in [4.78, 5) is 0.0633. The number of hydrogen-bond donors (Lipinski definition) is 1. The van der Waals surface area contributed by atoms with Gasteiger partial charge in [0.1, 0.15) is 12.2 Å². The summed E-state index contributed by atoms with van der Waals surface area (Å²) in [6, 6.07) is 6.34. The first-order chi connectivity index (χ1) is 9.83. The molecule has 0 bridgehead atoms. The van der Waals surface area contributed by atoms with Crippen molar-refractivity contribution in [3.8, 4) is 0 Å². The average molecular weight is 316 g/mol. The highest BCUT2D eigenvalue weighted by molar-refractivity contribution is 7.86. The van der Waals surface area contributed by atoms with E-state index in [9.17, 15) is 13.5 Å². The van der Waals surface area contributed by atoms with E-state index in [1.807, 2.05) is 6.92 Å². The molecule has 7 heteroatoms. The molecular weight excluding hydrogens is 296 g/mol. The molecule has 1 N–H and O–H groups in total. The van der Waals surface area contributed by atoms with E-state index in [0.717, 1.165) is 5.56 Å². The van der Waals surface area contributed by atoms with Crippen LogP contribution in [0.1, 0.15) is 18.9 Å². The highest BCUT2D eigenvalue weighted by atomic mass is 32.2. The quantitative estimate of drug-likeness (QED) is 0.841. The molecule has 118 valence electrons. The van der Waals surface area contributed by atoms with E-state index in [1.54, 1.807) is 19.1 Å². The van der Waals surface area contributed by atoms with Crippen molar-refractivity contribution in [3.63, 3.8) is 0 Å². The molecule has 1 heterocycles. The van der Waals surface area contributed by atoms with Crippen LogP contribution in [-0.2, 0) is 23.8 Å². The second-order valence-electron chi connectivity index (χ2n) is 5.13. The monoisotopic (exact) mass is 316 g/mol. The molecule has 4 atom stereocenters. The standard InChI is InChI=1S/C14H20O6S/c1-9-4-6-11(7-5-9)21(16,17)20-12-8-13(18-3)19-10(2)14(12)15/h4-7,10,12-15H,8H2,1-3H3/t10-,12-,13-,14+/m1/s1. The van der Waals surface area contributed by atoms with E-state index in [0.29, 0.717) is 0 Å². The molecule has 1 aliphatic rings. The van der Waals surface area contributed by atoms with Gasteiger partial charge in [0.25, 0.3) is 10.1 Å². The van der Waals surface area contributed by atoms with E-state index in [-0.39, 0.29) is 11.3 Å². The Hall–Kier alpha value is -0.990. The van der Waals surface area contributed by atoms with Crippen LogP contribution in [0, 0.1) is 6.92 Å². The minimum Gasteiger partial charge on any atom is -0.388 e. The molecule has 1 aliphatic heterocycles. The van der Waals surface area contributed by atoms with Gasteiger partial charge < -0.3 is 14.6 Å². The number of aliphatic hydroxyl groups is 1. The van der Waals surface area contributed by atoms with Gasteiger partial charge in [-0.3, -0.25) is 4.18 Å². The fourth-order valence-corrected chi connectivity index (χ4v) is 3.28. The van der Waals surface area contributed by atoms with E-state index in [4.69, 9.17) is 13.7 Å². The number of aryl methyl sites for hydroxylation is 1. The molecule has 0 amide bonds. The van der Waals surface area contributed by atoms with Gasteiger partial charge in [-0.15, -0.1) is 0 Å².